The summed E-state index contributed by atoms with van der Waals surface area (Å²) in [5.41, 5.74) is 2.82. The molecule has 0 amide bonds. The molecule has 0 fully saturated rings. The number of nitrogens with zero attached hydrogens (tertiary/aromatic N) is 1. The van der Waals surface area contributed by atoms with Gasteiger partial charge in [-0.3, -0.25) is 10.1 Å². The van der Waals surface area contributed by atoms with E-state index < -0.39 is 0 Å². The summed E-state index contributed by atoms with van der Waals surface area (Å²) in [6, 6.07) is 12.5. The molecular weight excluding hydrogens is 276 g/mol. The molecule has 0 heterocycles. The molecule has 0 aliphatic rings. The van der Waals surface area contributed by atoms with E-state index in [4.69, 9.17) is 11.6 Å². The van der Waals surface area contributed by atoms with Crippen molar-refractivity contribution >= 4 is 23.0 Å². The number of hydrogen-bond donors (Lipinski definition) is 1. The third kappa shape index (κ3) is 3.27. The van der Waals surface area contributed by atoms with Gasteiger partial charge in [-0.25, -0.2) is 0 Å². The van der Waals surface area contributed by atoms with Crippen molar-refractivity contribution in [2.24, 2.45) is 0 Å². The molecular formula is C15H15ClN2O2. The Morgan fingerprint density at radius 3 is 2.65 bits per heavy atom. The van der Waals surface area contributed by atoms with Crippen molar-refractivity contribution in [2.45, 2.75) is 19.9 Å². The van der Waals surface area contributed by atoms with Crippen molar-refractivity contribution < 1.29 is 4.92 Å². The highest BCUT2D eigenvalue weighted by molar-refractivity contribution is 6.30. The van der Waals surface area contributed by atoms with E-state index in [-0.39, 0.29) is 10.6 Å². The highest BCUT2D eigenvalue weighted by atomic mass is 35.5. The minimum absolute atomic E-state index is 0.0795. The zero-order valence-corrected chi connectivity index (χ0v) is 11.9. The molecule has 0 aromatic heterocycles. The van der Waals surface area contributed by atoms with Crippen molar-refractivity contribution in [3.8, 4) is 0 Å². The molecule has 0 spiro atoms. The number of halogens is 1. The molecule has 0 bridgehead atoms. The molecule has 0 atom stereocenters. The monoisotopic (exact) mass is 290 g/mol. The van der Waals surface area contributed by atoms with Crippen LogP contribution in [0.2, 0.25) is 5.02 Å². The number of nitro groups is 1. The van der Waals surface area contributed by atoms with Gasteiger partial charge in [-0.2, -0.15) is 0 Å². The summed E-state index contributed by atoms with van der Waals surface area (Å²) in [6.07, 6.45) is 0.904. The summed E-state index contributed by atoms with van der Waals surface area (Å²) >= 11 is 5.91. The Morgan fingerprint density at radius 1 is 1.20 bits per heavy atom. The lowest BCUT2D eigenvalue weighted by Gasteiger charge is -2.11. The van der Waals surface area contributed by atoms with Gasteiger partial charge in [0.15, 0.2) is 0 Å². The number of hydrogen-bond acceptors (Lipinski definition) is 3. The van der Waals surface area contributed by atoms with Crippen LogP contribution < -0.4 is 5.32 Å². The van der Waals surface area contributed by atoms with Crippen molar-refractivity contribution in [1.29, 1.82) is 0 Å². The second kappa shape index (κ2) is 6.39. The summed E-state index contributed by atoms with van der Waals surface area (Å²) in [6.45, 7) is 2.44. The number of nitro benzene ring substituents is 1. The zero-order valence-electron chi connectivity index (χ0n) is 11.1. The SMILES string of the molecule is CCc1ccccc1NCc1cc(Cl)ccc1[N+](=O)[O-]. The molecule has 104 valence electrons. The van der Waals surface area contributed by atoms with Crippen molar-refractivity contribution in [3.05, 3.63) is 68.7 Å². The molecule has 0 aliphatic heterocycles. The van der Waals surface area contributed by atoms with E-state index in [0.29, 0.717) is 17.1 Å². The van der Waals surface area contributed by atoms with Gasteiger partial charge >= 0.3 is 0 Å². The second-order valence-corrected chi connectivity index (χ2v) is 4.83. The summed E-state index contributed by atoms with van der Waals surface area (Å²) < 4.78 is 0. The molecule has 2 aromatic carbocycles. The highest BCUT2D eigenvalue weighted by Crippen LogP contribution is 2.24. The molecule has 2 aromatic rings. The van der Waals surface area contributed by atoms with Gasteiger partial charge in [-0.15, -0.1) is 0 Å². The Morgan fingerprint density at radius 2 is 1.95 bits per heavy atom. The molecule has 2 rings (SSSR count). The van der Waals surface area contributed by atoms with E-state index in [1.807, 2.05) is 24.3 Å². The van der Waals surface area contributed by atoms with E-state index >= 15 is 0 Å². The molecule has 0 aliphatic carbocycles. The largest absolute Gasteiger partial charge is 0.380 e. The van der Waals surface area contributed by atoms with Crippen molar-refractivity contribution in [3.63, 3.8) is 0 Å². The predicted molar refractivity (Wildman–Crippen MR) is 81.3 cm³/mol. The third-order valence-corrected chi connectivity index (χ3v) is 3.34. The Kier molecular flexibility index (Phi) is 4.58. The van der Waals surface area contributed by atoms with Crippen LogP contribution in [-0.2, 0) is 13.0 Å². The maximum absolute atomic E-state index is 11.0. The topological polar surface area (TPSA) is 55.2 Å². The van der Waals surface area contributed by atoms with Crippen LogP contribution in [0.4, 0.5) is 11.4 Å². The Hall–Kier alpha value is -2.07. The number of para-hydroxylation sites is 1. The second-order valence-electron chi connectivity index (χ2n) is 4.39. The molecule has 0 radical (unpaired) electrons. The fourth-order valence-electron chi connectivity index (χ4n) is 2.07. The number of anilines is 1. The van der Waals surface area contributed by atoms with E-state index in [1.54, 1.807) is 6.07 Å². The first-order valence-corrected chi connectivity index (χ1v) is 6.74. The van der Waals surface area contributed by atoms with Crippen LogP contribution in [0, 0.1) is 10.1 Å². The van der Waals surface area contributed by atoms with Crippen molar-refractivity contribution in [2.75, 3.05) is 5.32 Å². The lowest BCUT2D eigenvalue weighted by atomic mass is 10.1. The van der Waals surface area contributed by atoms with Gasteiger partial charge in [0.05, 0.1) is 10.5 Å². The lowest BCUT2D eigenvalue weighted by Crippen LogP contribution is -2.04. The van der Waals surface area contributed by atoms with Gasteiger partial charge < -0.3 is 5.32 Å². The summed E-state index contributed by atoms with van der Waals surface area (Å²) in [7, 11) is 0. The maximum Gasteiger partial charge on any atom is 0.274 e. The van der Waals surface area contributed by atoms with Gasteiger partial charge in [-0.1, -0.05) is 36.7 Å². The van der Waals surface area contributed by atoms with Crippen molar-refractivity contribution in [1.82, 2.24) is 0 Å². The van der Waals surface area contributed by atoms with Crippen LogP contribution in [0.15, 0.2) is 42.5 Å². The number of aryl methyl sites for hydroxylation is 1. The molecule has 5 heteroatoms. The van der Waals surface area contributed by atoms with Gasteiger partial charge in [0.25, 0.3) is 5.69 Å². The number of nitrogens with one attached hydrogen (secondary N) is 1. The van der Waals surface area contributed by atoms with Crippen LogP contribution in [0.5, 0.6) is 0 Å². The van der Waals surface area contributed by atoms with Crippen LogP contribution in [0.25, 0.3) is 0 Å². The molecule has 0 saturated heterocycles. The lowest BCUT2D eigenvalue weighted by molar-refractivity contribution is -0.385. The normalized spacial score (nSPS) is 10.3. The highest BCUT2D eigenvalue weighted by Gasteiger charge is 2.13. The van der Waals surface area contributed by atoms with E-state index in [1.165, 1.54) is 17.7 Å². The van der Waals surface area contributed by atoms with Gasteiger partial charge in [0.1, 0.15) is 0 Å². The summed E-state index contributed by atoms with van der Waals surface area (Å²) in [5.74, 6) is 0. The molecule has 20 heavy (non-hydrogen) atoms. The first-order valence-electron chi connectivity index (χ1n) is 6.36. The minimum Gasteiger partial charge on any atom is -0.380 e. The maximum atomic E-state index is 11.0. The van der Waals surface area contributed by atoms with Crippen LogP contribution in [0.1, 0.15) is 18.1 Å². The summed E-state index contributed by atoms with van der Waals surface area (Å²) in [4.78, 5) is 10.6. The third-order valence-electron chi connectivity index (χ3n) is 3.11. The summed E-state index contributed by atoms with van der Waals surface area (Å²) in [5, 5.41) is 14.7. The Balaban J connectivity index is 2.22. The Bertz CT molecular complexity index is 629. The fourth-order valence-corrected chi connectivity index (χ4v) is 2.26. The quantitative estimate of drug-likeness (QED) is 0.655. The van der Waals surface area contributed by atoms with E-state index in [9.17, 15) is 10.1 Å². The molecule has 0 unspecified atom stereocenters. The average molecular weight is 291 g/mol. The van der Waals surface area contributed by atoms with Gasteiger partial charge in [0, 0.05) is 23.3 Å². The first kappa shape index (κ1) is 14.3. The standard InChI is InChI=1S/C15H15ClN2O2/c1-2-11-5-3-4-6-14(11)17-10-12-9-13(16)7-8-15(12)18(19)20/h3-9,17H,2,10H2,1H3. The zero-order chi connectivity index (χ0) is 14.5. The van der Waals surface area contributed by atoms with Crippen LogP contribution in [-0.4, -0.2) is 4.92 Å². The first-order chi connectivity index (χ1) is 9.61. The predicted octanol–water partition coefficient (Wildman–Crippen LogP) is 4.42. The fraction of sp³-hybridized carbons (Fsp3) is 0.200. The smallest absolute Gasteiger partial charge is 0.274 e. The van der Waals surface area contributed by atoms with Crippen LogP contribution in [0.3, 0.4) is 0 Å². The van der Waals surface area contributed by atoms with Gasteiger partial charge in [0.2, 0.25) is 0 Å². The van der Waals surface area contributed by atoms with E-state index in [2.05, 4.69) is 12.2 Å². The molecule has 4 nitrogen and oxygen atoms in total. The number of rotatable bonds is 5. The Labute approximate surface area is 122 Å². The van der Waals surface area contributed by atoms with Crippen LogP contribution >= 0.6 is 11.6 Å². The van der Waals surface area contributed by atoms with E-state index in [0.717, 1.165) is 12.1 Å². The number of benzene rings is 2. The minimum atomic E-state index is -0.390. The molecule has 1 N–H and O–H groups in total. The van der Waals surface area contributed by atoms with Gasteiger partial charge in [-0.05, 0) is 30.2 Å². The average Bonchev–Trinajstić information content (AvgIpc) is 2.45. The molecule has 0 saturated carbocycles.